The highest BCUT2D eigenvalue weighted by molar-refractivity contribution is 5.93. The lowest BCUT2D eigenvalue weighted by molar-refractivity contribution is 0.734. The molecule has 0 saturated heterocycles. The average molecular weight is 276 g/mol. The van der Waals surface area contributed by atoms with E-state index in [2.05, 4.69) is 44.2 Å². The fraction of sp³-hybridized carbons (Fsp3) is 0.211. The van der Waals surface area contributed by atoms with Crippen molar-refractivity contribution in [3.8, 4) is 11.3 Å². The Kier molecular flexibility index (Phi) is 3.61. The number of fused-ring (bicyclic) bond motifs is 1. The van der Waals surface area contributed by atoms with E-state index < -0.39 is 0 Å². The third-order valence-electron chi connectivity index (χ3n) is 4.12. The van der Waals surface area contributed by atoms with Crippen LogP contribution in [0.1, 0.15) is 31.7 Å². The monoisotopic (exact) mass is 276 g/mol. The minimum absolute atomic E-state index is 0.544. The van der Waals surface area contributed by atoms with Gasteiger partial charge < -0.3 is 5.73 Å². The molecule has 0 radical (unpaired) electrons. The van der Waals surface area contributed by atoms with Gasteiger partial charge in [-0.2, -0.15) is 0 Å². The topological polar surface area (TPSA) is 38.9 Å². The van der Waals surface area contributed by atoms with Crippen LogP contribution in [0.2, 0.25) is 0 Å². The first-order valence-electron chi connectivity index (χ1n) is 7.44. The molecule has 0 bridgehead atoms. The number of rotatable bonds is 3. The zero-order chi connectivity index (χ0) is 14.8. The van der Waals surface area contributed by atoms with Gasteiger partial charge in [0.1, 0.15) is 0 Å². The molecule has 1 unspecified atom stereocenters. The first-order valence-corrected chi connectivity index (χ1v) is 7.44. The van der Waals surface area contributed by atoms with Gasteiger partial charge in [0, 0.05) is 16.6 Å². The van der Waals surface area contributed by atoms with Gasteiger partial charge in [0.15, 0.2) is 0 Å². The third-order valence-corrected chi connectivity index (χ3v) is 4.12. The number of pyridine rings is 1. The fourth-order valence-electron chi connectivity index (χ4n) is 2.57. The first kappa shape index (κ1) is 13.6. The second kappa shape index (κ2) is 5.57. The van der Waals surface area contributed by atoms with Crippen molar-refractivity contribution in [1.29, 1.82) is 0 Å². The molecule has 106 valence electrons. The van der Waals surface area contributed by atoms with Crippen LogP contribution in [-0.2, 0) is 0 Å². The van der Waals surface area contributed by atoms with Gasteiger partial charge in [0.25, 0.3) is 0 Å². The molecule has 2 heteroatoms. The second-order valence-corrected chi connectivity index (χ2v) is 5.55. The maximum absolute atomic E-state index is 6.26. The fourth-order valence-corrected chi connectivity index (χ4v) is 2.57. The number of aromatic nitrogens is 1. The Morgan fingerprint density at radius 3 is 2.52 bits per heavy atom. The molecule has 1 heterocycles. The van der Waals surface area contributed by atoms with Crippen LogP contribution in [0.3, 0.4) is 0 Å². The molecule has 0 amide bonds. The Hall–Kier alpha value is -2.35. The van der Waals surface area contributed by atoms with Crippen LogP contribution in [0.25, 0.3) is 22.2 Å². The van der Waals surface area contributed by atoms with Gasteiger partial charge in [-0.15, -0.1) is 0 Å². The van der Waals surface area contributed by atoms with Crippen LogP contribution < -0.4 is 5.73 Å². The van der Waals surface area contributed by atoms with Gasteiger partial charge in [-0.1, -0.05) is 50.2 Å². The zero-order valence-corrected chi connectivity index (χ0v) is 12.5. The molecule has 0 aliphatic heterocycles. The summed E-state index contributed by atoms with van der Waals surface area (Å²) in [6.45, 7) is 4.44. The summed E-state index contributed by atoms with van der Waals surface area (Å²) in [5, 5.41) is 1.05. The van der Waals surface area contributed by atoms with E-state index >= 15 is 0 Å². The summed E-state index contributed by atoms with van der Waals surface area (Å²) in [7, 11) is 0. The largest absolute Gasteiger partial charge is 0.398 e. The smallest absolute Gasteiger partial charge is 0.0730 e. The lowest BCUT2D eigenvalue weighted by atomic mass is 9.96. The molecule has 2 aromatic carbocycles. The van der Waals surface area contributed by atoms with Gasteiger partial charge >= 0.3 is 0 Å². The van der Waals surface area contributed by atoms with Crippen molar-refractivity contribution in [1.82, 2.24) is 4.98 Å². The highest BCUT2D eigenvalue weighted by atomic mass is 14.7. The van der Waals surface area contributed by atoms with E-state index in [1.165, 1.54) is 5.56 Å². The van der Waals surface area contributed by atoms with E-state index in [1.807, 2.05) is 24.3 Å². The van der Waals surface area contributed by atoms with Crippen molar-refractivity contribution >= 4 is 16.6 Å². The van der Waals surface area contributed by atoms with Gasteiger partial charge in [-0.25, -0.2) is 4.98 Å². The van der Waals surface area contributed by atoms with E-state index in [4.69, 9.17) is 10.7 Å². The van der Waals surface area contributed by atoms with Crippen LogP contribution >= 0.6 is 0 Å². The van der Waals surface area contributed by atoms with Crippen LogP contribution in [0.4, 0.5) is 5.69 Å². The summed E-state index contributed by atoms with van der Waals surface area (Å²) in [6, 6.07) is 18.6. The molecule has 3 aromatic rings. The highest BCUT2D eigenvalue weighted by Gasteiger charge is 2.09. The van der Waals surface area contributed by atoms with Crippen molar-refractivity contribution < 1.29 is 0 Å². The molecule has 1 aromatic heterocycles. The minimum atomic E-state index is 0.544. The lowest BCUT2D eigenvalue weighted by Gasteiger charge is -2.12. The molecule has 0 fully saturated rings. The molecule has 0 aliphatic rings. The molecular formula is C19H20N2. The number of hydrogen-bond donors (Lipinski definition) is 1. The molecule has 0 saturated carbocycles. The summed E-state index contributed by atoms with van der Waals surface area (Å²) in [6.07, 6.45) is 1.13. The number of benzene rings is 2. The molecule has 0 spiro atoms. The summed E-state index contributed by atoms with van der Waals surface area (Å²) >= 11 is 0. The number of nitrogens with zero attached hydrogens (tertiary/aromatic N) is 1. The summed E-state index contributed by atoms with van der Waals surface area (Å²) in [5.41, 5.74) is 11.4. The van der Waals surface area contributed by atoms with Crippen LogP contribution in [0, 0.1) is 0 Å². The van der Waals surface area contributed by atoms with Crippen molar-refractivity contribution in [2.75, 3.05) is 5.73 Å². The SMILES string of the molecule is CCC(C)c1ccc2nc(-c3ccccc3)cc(N)c2c1. The first-order chi connectivity index (χ1) is 10.2. The Balaban J connectivity index is 2.13. The van der Waals surface area contributed by atoms with Gasteiger partial charge in [0.05, 0.1) is 11.2 Å². The second-order valence-electron chi connectivity index (χ2n) is 5.55. The maximum Gasteiger partial charge on any atom is 0.0730 e. The molecule has 1 atom stereocenters. The van der Waals surface area contributed by atoms with Crippen LogP contribution in [0.5, 0.6) is 0 Å². The Labute approximate surface area is 125 Å². The maximum atomic E-state index is 6.26. The molecule has 2 N–H and O–H groups in total. The minimum Gasteiger partial charge on any atom is -0.398 e. The van der Waals surface area contributed by atoms with Crippen molar-refractivity contribution in [2.24, 2.45) is 0 Å². The predicted octanol–water partition coefficient (Wildman–Crippen LogP) is 5.00. The van der Waals surface area contributed by atoms with E-state index in [9.17, 15) is 0 Å². The van der Waals surface area contributed by atoms with E-state index in [1.54, 1.807) is 0 Å². The summed E-state index contributed by atoms with van der Waals surface area (Å²) in [5.74, 6) is 0.544. The Bertz CT molecular complexity index is 763. The molecule has 21 heavy (non-hydrogen) atoms. The molecule has 3 rings (SSSR count). The van der Waals surface area contributed by atoms with Crippen molar-refractivity contribution in [3.63, 3.8) is 0 Å². The summed E-state index contributed by atoms with van der Waals surface area (Å²) < 4.78 is 0. The Morgan fingerprint density at radius 1 is 1.05 bits per heavy atom. The number of nitrogen functional groups attached to an aromatic ring is 1. The van der Waals surface area contributed by atoms with Crippen molar-refractivity contribution in [3.05, 3.63) is 60.2 Å². The molecular weight excluding hydrogens is 256 g/mol. The Morgan fingerprint density at radius 2 is 1.81 bits per heavy atom. The predicted molar refractivity (Wildman–Crippen MR) is 90.3 cm³/mol. The highest BCUT2D eigenvalue weighted by Crippen LogP contribution is 2.29. The van der Waals surface area contributed by atoms with Crippen molar-refractivity contribution in [2.45, 2.75) is 26.2 Å². The van der Waals surface area contributed by atoms with E-state index in [-0.39, 0.29) is 0 Å². The average Bonchev–Trinajstić information content (AvgIpc) is 2.54. The van der Waals surface area contributed by atoms with Gasteiger partial charge in [0.2, 0.25) is 0 Å². The zero-order valence-electron chi connectivity index (χ0n) is 12.5. The van der Waals surface area contributed by atoms with Gasteiger partial charge in [-0.3, -0.25) is 0 Å². The van der Waals surface area contributed by atoms with Gasteiger partial charge in [-0.05, 0) is 36.1 Å². The lowest BCUT2D eigenvalue weighted by Crippen LogP contribution is -1.96. The van der Waals surface area contributed by atoms with E-state index in [0.717, 1.165) is 34.3 Å². The normalized spacial score (nSPS) is 12.5. The number of anilines is 1. The molecule has 2 nitrogen and oxygen atoms in total. The standard InChI is InChI=1S/C19H20N2/c1-3-13(2)15-9-10-18-16(11-15)17(20)12-19(21-18)14-7-5-4-6-8-14/h4-13H,3H2,1-2H3,(H2,20,21). The summed E-state index contributed by atoms with van der Waals surface area (Å²) in [4.78, 5) is 4.75. The van der Waals surface area contributed by atoms with Crippen LogP contribution in [0.15, 0.2) is 54.6 Å². The van der Waals surface area contributed by atoms with E-state index in [0.29, 0.717) is 5.92 Å². The quantitative estimate of drug-likeness (QED) is 0.731. The molecule has 0 aliphatic carbocycles. The number of hydrogen-bond acceptors (Lipinski definition) is 2. The third kappa shape index (κ3) is 2.62. The van der Waals surface area contributed by atoms with Crippen LogP contribution in [-0.4, -0.2) is 4.98 Å². The number of nitrogens with two attached hydrogens (primary N) is 1.